The van der Waals surface area contributed by atoms with Gasteiger partial charge in [0, 0.05) is 123 Å². The van der Waals surface area contributed by atoms with Crippen LogP contribution in [0.15, 0.2) is 36.4 Å². The van der Waals surface area contributed by atoms with Crippen molar-refractivity contribution in [3.63, 3.8) is 0 Å². The van der Waals surface area contributed by atoms with Crippen molar-refractivity contribution in [1.82, 2.24) is 52.3 Å². The van der Waals surface area contributed by atoms with Gasteiger partial charge >= 0.3 is 0 Å². The molecule has 1 amide bonds. The average molecular weight is 782 g/mol. The summed E-state index contributed by atoms with van der Waals surface area (Å²) >= 11 is 0. The van der Waals surface area contributed by atoms with Gasteiger partial charge in [-0.25, -0.2) is 0 Å². The van der Waals surface area contributed by atoms with Crippen LogP contribution >= 0.6 is 0 Å². The minimum absolute atomic E-state index is 0.0514. The zero-order chi connectivity index (χ0) is 39.1. The molecular formula is C43H79N11O2. The number of rotatable bonds is 3. The normalized spacial score (nSPS) is 30.8. The lowest BCUT2D eigenvalue weighted by atomic mass is 9.80. The number of ether oxygens (including phenoxy) is 1. The van der Waals surface area contributed by atoms with Gasteiger partial charge in [0.2, 0.25) is 5.91 Å². The van der Waals surface area contributed by atoms with Crippen LogP contribution in [0.5, 0.6) is 0 Å². The van der Waals surface area contributed by atoms with Crippen LogP contribution in [0.25, 0.3) is 0 Å². The summed E-state index contributed by atoms with van der Waals surface area (Å²) in [6.07, 6.45) is 14.6. The van der Waals surface area contributed by atoms with E-state index in [4.69, 9.17) is 10.5 Å². The molecule has 5 rings (SSSR count). The summed E-state index contributed by atoms with van der Waals surface area (Å²) in [5, 5.41) is 29.0. The van der Waals surface area contributed by atoms with Crippen molar-refractivity contribution >= 4 is 5.91 Å². The van der Waals surface area contributed by atoms with Crippen molar-refractivity contribution in [2.24, 2.45) is 5.73 Å². The number of carbonyl (C=O) groups excluding carboxylic acids is 1. The maximum atomic E-state index is 12.1. The lowest BCUT2D eigenvalue weighted by molar-refractivity contribution is -0.120. The maximum absolute atomic E-state index is 12.1. The van der Waals surface area contributed by atoms with E-state index in [-0.39, 0.29) is 17.6 Å². The Labute approximate surface area is 339 Å². The Morgan fingerprint density at radius 3 is 2.20 bits per heavy atom. The molecule has 1 saturated carbocycles. The fraction of sp³-hybridized carbons (Fsp3) is 0.791. The molecule has 56 heavy (non-hydrogen) atoms. The second kappa shape index (κ2) is 26.2. The maximum Gasteiger partial charge on any atom is 0.234 e. The third kappa shape index (κ3) is 16.7. The molecule has 1 spiro atoms. The van der Waals surface area contributed by atoms with Crippen LogP contribution in [0.3, 0.4) is 0 Å². The molecule has 318 valence electrons. The van der Waals surface area contributed by atoms with E-state index >= 15 is 0 Å². The van der Waals surface area contributed by atoms with Gasteiger partial charge in [-0.1, -0.05) is 42.0 Å². The van der Waals surface area contributed by atoms with E-state index in [2.05, 4.69) is 95.7 Å². The standard InChI is InChI=1S/C43H79N11O2/c1-36-9-11-37(12-10-36)31-40-32-49-22-21-48-27-30-53-29-5-8-39(53)34-56-43(14-6-15-43)35-50-24-26-52-41(42(44)55)13-16-45-17-18-46-19-20-47-23-25-51-38-7-3-2-4-28-54(40)33-38/h2-3,9-12,38-41,45-52H,4-8,13-35H2,1H3,(H2,44,55)/b3-2-. The fourth-order valence-corrected chi connectivity index (χ4v) is 8.60. The summed E-state index contributed by atoms with van der Waals surface area (Å²) in [7, 11) is 0. The number of fused-ring (bicyclic) bond motifs is 3. The molecule has 5 unspecified atom stereocenters. The Kier molecular flexibility index (Phi) is 21.1. The molecular weight excluding hydrogens is 703 g/mol. The summed E-state index contributed by atoms with van der Waals surface area (Å²) < 4.78 is 6.71. The molecule has 3 heterocycles. The topological polar surface area (TPSA) is 155 Å². The van der Waals surface area contributed by atoms with E-state index < -0.39 is 0 Å². The Bertz CT molecular complexity index is 1230. The average Bonchev–Trinajstić information content (AvgIpc) is 3.62. The van der Waals surface area contributed by atoms with Crippen LogP contribution in [0.1, 0.15) is 62.5 Å². The van der Waals surface area contributed by atoms with E-state index in [1.807, 2.05) is 0 Å². The molecule has 13 heteroatoms. The SMILES string of the molecule is Cc1ccc(CC2CNCCNCCN3CCCC3COC3(CCC3)CNCCNC(C(N)=O)CCNCCNCCNCCNC3C/C=C\CCN2C3)cc1. The van der Waals surface area contributed by atoms with Gasteiger partial charge in [-0.3, -0.25) is 14.6 Å². The molecule has 1 aromatic carbocycles. The van der Waals surface area contributed by atoms with E-state index in [1.54, 1.807) is 0 Å². The molecule has 5 atom stereocenters. The van der Waals surface area contributed by atoms with E-state index in [9.17, 15) is 4.79 Å². The summed E-state index contributed by atoms with van der Waals surface area (Å²) in [5.74, 6) is -0.286. The first-order valence-electron chi connectivity index (χ1n) is 22.3. The predicted molar refractivity (Wildman–Crippen MR) is 230 cm³/mol. The zero-order valence-electron chi connectivity index (χ0n) is 34.9. The number of aryl methyl sites for hydroxylation is 1. The Morgan fingerprint density at radius 2 is 1.45 bits per heavy atom. The molecule has 2 saturated heterocycles. The molecule has 0 radical (unpaired) electrons. The van der Waals surface area contributed by atoms with Gasteiger partial charge in [-0.05, 0) is 83.4 Å². The van der Waals surface area contributed by atoms with Crippen molar-refractivity contribution in [2.75, 3.05) is 124 Å². The minimum Gasteiger partial charge on any atom is -0.372 e. The van der Waals surface area contributed by atoms with Gasteiger partial charge < -0.3 is 53.0 Å². The molecule has 2 bridgehead atoms. The quantitative estimate of drug-likeness (QED) is 0.194. The first-order chi connectivity index (χ1) is 27.5. The van der Waals surface area contributed by atoms with Crippen LogP contribution in [0.2, 0.25) is 0 Å². The highest BCUT2D eigenvalue weighted by Gasteiger charge is 2.39. The molecule has 0 aromatic heterocycles. The Morgan fingerprint density at radius 1 is 0.750 bits per heavy atom. The van der Waals surface area contributed by atoms with Crippen LogP contribution in [-0.4, -0.2) is 170 Å². The van der Waals surface area contributed by atoms with Crippen molar-refractivity contribution in [3.05, 3.63) is 47.5 Å². The van der Waals surface area contributed by atoms with Gasteiger partial charge in [-0.2, -0.15) is 0 Å². The fourth-order valence-electron chi connectivity index (χ4n) is 8.60. The van der Waals surface area contributed by atoms with Gasteiger partial charge in [0.1, 0.15) is 0 Å². The number of nitrogens with one attached hydrogen (secondary N) is 8. The highest BCUT2D eigenvalue weighted by molar-refractivity contribution is 5.79. The summed E-state index contributed by atoms with van der Waals surface area (Å²) in [6, 6.07) is 10.2. The number of hydrogen-bond donors (Lipinski definition) is 9. The van der Waals surface area contributed by atoms with Crippen LogP contribution in [-0.2, 0) is 16.0 Å². The van der Waals surface area contributed by atoms with Gasteiger partial charge in [0.25, 0.3) is 0 Å². The number of carbonyl (C=O) groups is 1. The monoisotopic (exact) mass is 782 g/mol. The highest BCUT2D eigenvalue weighted by atomic mass is 16.5. The smallest absolute Gasteiger partial charge is 0.234 e. The van der Waals surface area contributed by atoms with Crippen molar-refractivity contribution in [3.8, 4) is 0 Å². The number of hydrogen-bond acceptors (Lipinski definition) is 12. The second-order valence-corrected chi connectivity index (χ2v) is 16.7. The van der Waals surface area contributed by atoms with Crippen LogP contribution < -0.4 is 48.3 Å². The summed E-state index contributed by atoms with van der Waals surface area (Å²) in [6.45, 7) is 19.9. The van der Waals surface area contributed by atoms with Crippen LogP contribution in [0, 0.1) is 6.92 Å². The molecule has 1 aromatic rings. The van der Waals surface area contributed by atoms with E-state index in [0.717, 1.165) is 150 Å². The molecule has 4 aliphatic rings. The lowest BCUT2D eigenvalue weighted by Crippen LogP contribution is -2.52. The van der Waals surface area contributed by atoms with Gasteiger partial charge in [-0.15, -0.1) is 0 Å². The molecule has 3 fully saturated rings. The van der Waals surface area contributed by atoms with Gasteiger partial charge in [0.05, 0.1) is 18.2 Å². The largest absolute Gasteiger partial charge is 0.372 e. The minimum atomic E-state index is -0.326. The van der Waals surface area contributed by atoms with Crippen molar-refractivity contribution in [1.29, 1.82) is 0 Å². The lowest BCUT2D eigenvalue weighted by Gasteiger charge is -2.43. The molecule has 3 aliphatic heterocycles. The van der Waals surface area contributed by atoms with Crippen LogP contribution in [0.4, 0.5) is 0 Å². The number of nitrogens with zero attached hydrogens (tertiary/aromatic N) is 2. The Hall–Kier alpha value is -2.01. The molecule has 13 nitrogen and oxygen atoms in total. The van der Waals surface area contributed by atoms with Crippen molar-refractivity contribution in [2.45, 2.75) is 94.5 Å². The first-order valence-corrected chi connectivity index (χ1v) is 22.3. The third-order valence-electron chi connectivity index (χ3n) is 12.3. The first kappa shape index (κ1) is 45.1. The number of nitrogens with two attached hydrogens (primary N) is 1. The second-order valence-electron chi connectivity index (χ2n) is 16.7. The third-order valence-corrected chi connectivity index (χ3v) is 12.3. The summed E-state index contributed by atoms with van der Waals surface area (Å²) in [4.78, 5) is 17.5. The number of benzene rings is 1. The Balaban J connectivity index is 1.12. The number of primary amides is 1. The summed E-state index contributed by atoms with van der Waals surface area (Å²) in [5.41, 5.74) is 8.42. The van der Waals surface area contributed by atoms with E-state index in [1.165, 1.54) is 30.4 Å². The zero-order valence-corrected chi connectivity index (χ0v) is 34.9. The molecule has 1 aliphatic carbocycles. The highest BCUT2D eigenvalue weighted by Crippen LogP contribution is 2.36. The number of amides is 1. The van der Waals surface area contributed by atoms with Gasteiger partial charge in [0.15, 0.2) is 0 Å². The van der Waals surface area contributed by atoms with Crippen molar-refractivity contribution < 1.29 is 9.53 Å². The molecule has 10 N–H and O–H groups in total. The predicted octanol–water partition coefficient (Wildman–Crippen LogP) is 0.305. The van der Waals surface area contributed by atoms with E-state index in [0.29, 0.717) is 31.1 Å².